The Morgan fingerprint density at radius 2 is 1.90 bits per heavy atom. The lowest BCUT2D eigenvalue weighted by Gasteiger charge is -2.32. The van der Waals surface area contributed by atoms with Crippen LogP contribution in [0.1, 0.15) is 32.4 Å². The first-order chi connectivity index (χ1) is 9.66. The predicted molar refractivity (Wildman–Crippen MR) is 73.8 cm³/mol. The SMILES string of the molecule is CC(C)(O)C#Cc1ccc(F)c(N2CCC(F)(F)CC2)n1. The molecule has 1 saturated heterocycles. The maximum Gasteiger partial charge on any atom is 0.251 e. The van der Waals surface area contributed by atoms with E-state index in [0.717, 1.165) is 0 Å². The predicted octanol–water partition coefficient (Wildman–Crippen LogP) is 2.58. The van der Waals surface area contributed by atoms with Gasteiger partial charge in [0.2, 0.25) is 0 Å². The Morgan fingerprint density at radius 1 is 1.29 bits per heavy atom. The number of alkyl halides is 2. The third-order valence-corrected chi connectivity index (χ3v) is 3.12. The number of nitrogens with zero attached hydrogens (tertiary/aromatic N) is 2. The van der Waals surface area contributed by atoms with Gasteiger partial charge in [-0.25, -0.2) is 18.2 Å². The van der Waals surface area contributed by atoms with Gasteiger partial charge < -0.3 is 10.0 Å². The van der Waals surface area contributed by atoms with Crippen molar-refractivity contribution >= 4 is 5.82 Å². The number of piperidine rings is 1. The zero-order valence-electron chi connectivity index (χ0n) is 12.0. The summed E-state index contributed by atoms with van der Waals surface area (Å²) in [4.78, 5) is 5.57. The molecule has 1 aliphatic heterocycles. The van der Waals surface area contributed by atoms with Crippen LogP contribution in [0.25, 0.3) is 0 Å². The molecule has 21 heavy (non-hydrogen) atoms. The minimum absolute atomic E-state index is 0.0352. The zero-order chi connectivity index (χ0) is 15.7. The van der Waals surface area contributed by atoms with Crippen LogP contribution in [0.3, 0.4) is 0 Å². The molecular formula is C15H17F3N2O. The zero-order valence-corrected chi connectivity index (χ0v) is 12.0. The number of aliphatic hydroxyl groups is 1. The molecule has 114 valence electrons. The summed E-state index contributed by atoms with van der Waals surface area (Å²) in [6, 6.07) is 2.61. The van der Waals surface area contributed by atoms with E-state index in [4.69, 9.17) is 0 Å². The van der Waals surface area contributed by atoms with Gasteiger partial charge in [0.25, 0.3) is 5.92 Å². The summed E-state index contributed by atoms with van der Waals surface area (Å²) in [5.41, 5.74) is -0.880. The Balaban J connectivity index is 2.22. The van der Waals surface area contributed by atoms with Gasteiger partial charge in [-0.2, -0.15) is 0 Å². The van der Waals surface area contributed by atoms with Gasteiger partial charge in [0, 0.05) is 25.9 Å². The van der Waals surface area contributed by atoms with E-state index in [2.05, 4.69) is 16.8 Å². The highest BCUT2D eigenvalue weighted by molar-refractivity contribution is 5.45. The van der Waals surface area contributed by atoms with E-state index >= 15 is 0 Å². The standard InChI is InChI=1S/C15H17F3N2O/c1-14(2,21)6-5-11-3-4-12(16)13(19-11)20-9-7-15(17,18)8-10-20/h3-4,21H,7-10H2,1-2H3. The van der Waals surface area contributed by atoms with Crippen molar-refractivity contribution in [3.05, 3.63) is 23.6 Å². The monoisotopic (exact) mass is 298 g/mol. The normalized spacial score (nSPS) is 18.1. The minimum Gasteiger partial charge on any atom is -0.378 e. The van der Waals surface area contributed by atoms with Crippen molar-refractivity contribution in [2.45, 2.75) is 38.2 Å². The van der Waals surface area contributed by atoms with E-state index in [1.54, 1.807) is 0 Å². The summed E-state index contributed by atoms with van der Waals surface area (Å²) in [5, 5.41) is 9.54. The van der Waals surface area contributed by atoms with Gasteiger partial charge in [-0.1, -0.05) is 5.92 Å². The summed E-state index contributed by atoms with van der Waals surface area (Å²) < 4.78 is 40.1. The maximum absolute atomic E-state index is 13.8. The molecule has 6 heteroatoms. The first-order valence-corrected chi connectivity index (χ1v) is 6.71. The molecule has 1 aromatic rings. The third-order valence-electron chi connectivity index (χ3n) is 3.12. The number of rotatable bonds is 1. The molecule has 0 bridgehead atoms. The van der Waals surface area contributed by atoms with Crippen molar-refractivity contribution in [3.8, 4) is 11.8 Å². The Morgan fingerprint density at radius 3 is 2.48 bits per heavy atom. The number of halogens is 3. The first kappa shape index (κ1) is 15.6. The van der Waals surface area contributed by atoms with Crippen LogP contribution < -0.4 is 4.90 Å². The maximum atomic E-state index is 13.8. The lowest BCUT2D eigenvalue weighted by atomic mass is 10.1. The van der Waals surface area contributed by atoms with Crippen LogP contribution in [-0.2, 0) is 0 Å². The summed E-state index contributed by atoms with van der Waals surface area (Å²) in [5.74, 6) is 2.02. The topological polar surface area (TPSA) is 36.4 Å². The molecule has 0 amide bonds. The third kappa shape index (κ3) is 4.36. The van der Waals surface area contributed by atoms with E-state index in [0.29, 0.717) is 5.69 Å². The van der Waals surface area contributed by atoms with Crippen LogP contribution >= 0.6 is 0 Å². The molecule has 0 aliphatic carbocycles. The van der Waals surface area contributed by atoms with Crippen LogP contribution in [0.5, 0.6) is 0 Å². The van der Waals surface area contributed by atoms with Crippen molar-refractivity contribution in [1.82, 2.24) is 4.98 Å². The highest BCUT2D eigenvalue weighted by Gasteiger charge is 2.35. The highest BCUT2D eigenvalue weighted by Crippen LogP contribution is 2.30. The van der Waals surface area contributed by atoms with Crippen molar-refractivity contribution in [1.29, 1.82) is 0 Å². The number of hydrogen-bond donors (Lipinski definition) is 1. The number of pyridine rings is 1. The van der Waals surface area contributed by atoms with Crippen molar-refractivity contribution in [2.75, 3.05) is 18.0 Å². The summed E-state index contributed by atoms with van der Waals surface area (Å²) in [7, 11) is 0. The Bertz CT molecular complexity index is 575. The van der Waals surface area contributed by atoms with Gasteiger partial charge >= 0.3 is 0 Å². The second-order valence-corrected chi connectivity index (χ2v) is 5.65. The molecule has 1 aliphatic rings. The van der Waals surface area contributed by atoms with Gasteiger partial charge in [0.1, 0.15) is 11.3 Å². The fourth-order valence-electron chi connectivity index (χ4n) is 1.99. The summed E-state index contributed by atoms with van der Waals surface area (Å²) in [6.45, 7) is 3.16. The lowest BCUT2D eigenvalue weighted by Crippen LogP contribution is -2.40. The quantitative estimate of drug-likeness (QED) is 0.810. The van der Waals surface area contributed by atoms with E-state index < -0.39 is 17.3 Å². The van der Waals surface area contributed by atoms with E-state index in [-0.39, 0.29) is 31.7 Å². The van der Waals surface area contributed by atoms with Crippen LogP contribution in [0.2, 0.25) is 0 Å². The molecule has 0 radical (unpaired) electrons. The molecule has 1 N–H and O–H groups in total. The Hall–Kier alpha value is -1.74. The van der Waals surface area contributed by atoms with Crippen molar-refractivity contribution in [3.63, 3.8) is 0 Å². The second-order valence-electron chi connectivity index (χ2n) is 5.65. The van der Waals surface area contributed by atoms with Gasteiger partial charge in [0.15, 0.2) is 11.6 Å². The minimum atomic E-state index is -2.69. The molecule has 0 spiro atoms. The molecule has 3 nitrogen and oxygen atoms in total. The molecule has 1 aromatic heterocycles. The van der Waals surface area contributed by atoms with Crippen LogP contribution in [0.15, 0.2) is 12.1 Å². The molecule has 1 fully saturated rings. The molecule has 2 heterocycles. The smallest absolute Gasteiger partial charge is 0.251 e. The lowest BCUT2D eigenvalue weighted by molar-refractivity contribution is -0.0222. The van der Waals surface area contributed by atoms with E-state index in [1.165, 1.54) is 30.9 Å². The number of anilines is 1. The molecule has 0 atom stereocenters. The van der Waals surface area contributed by atoms with Gasteiger partial charge in [-0.3, -0.25) is 0 Å². The Labute approximate surface area is 121 Å². The fourth-order valence-corrected chi connectivity index (χ4v) is 1.99. The van der Waals surface area contributed by atoms with Gasteiger partial charge in [-0.15, -0.1) is 0 Å². The number of hydrogen-bond acceptors (Lipinski definition) is 3. The highest BCUT2D eigenvalue weighted by atomic mass is 19.3. The molecular weight excluding hydrogens is 281 g/mol. The van der Waals surface area contributed by atoms with Gasteiger partial charge in [-0.05, 0) is 31.9 Å². The first-order valence-electron chi connectivity index (χ1n) is 6.71. The van der Waals surface area contributed by atoms with Crippen molar-refractivity contribution in [2.24, 2.45) is 0 Å². The van der Waals surface area contributed by atoms with Crippen LogP contribution in [0, 0.1) is 17.7 Å². The average Bonchev–Trinajstić information content (AvgIpc) is 2.37. The van der Waals surface area contributed by atoms with Crippen molar-refractivity contribution < 1.29 is 18.3 Å². The van der Waals surface area contributed by atoms with E-state index in [9.17, 15) is 18.3 Å². The number of aromatic nitrogens is 1. The van der Waals surface area contributed by atoms with Crippen LogP contribution in [0.4, 0.5) is 19.0 Å². The molecule has 2 rings (SSSR count). The van der Waals surface area contributed by atoms with E-state index in [1.807, 2.05) is 0 Å². The second kappa shape index (κ2) is 5.57. The van der Waals surface area contributed by atoms with Gasteiger partial charge in [0.05, 0.1) is 0 Å². The largest absolute Gasteiger partial charge is 0.378 e. The summed E-state index contributed by atoms with van der Waals surface area (Å²) in [6.07, 6.45) is -0.624. The molecule has 0 saturated carbocycles. The fraction of sp³-hybridized carbons (Fsp3) is 0.533. The molecule has 0 unspecified atom stereocenters. The Kier molecular flexibility index (Phi) is 4.15. The average molecular weight is 298 g/mol. The summed E-state index contributed by atoms with van der Waals surface area (Å²) >= 11 is 0. The molecule has 0 aromatic carbocycles. The van der Waals surface area contributed by atoms with Crippen LogP contribution in [-0.4, -0.2) is 34.7 Å².